The lowest BCUT2D eigenvalue weighted by atomic mass is 10.2. The van der Waals surface area contributed by atoms with Crippen molar-refractivity contribution >= 4 is 35.8 Å². The highest BCUT2D eigenvalue weighted by Gasteiger charge is 2.04. The number of methoxy groups -OCH3 is 1. The van der Waals surface area contributed by atoms with Crippen molar-refractivity contribution in [3.8, 4) is 5.75 Å². The van der Waals surface area contributed by atoms with Gasteiger partial charge in [-0.3, -0.25) is 9.79 Å². The second-order valence-corrected chi connectivity index (χ2v) is 5.40. The summed E-state index contributed by atoms with van der Waals surface area (Å²) in [5, 5.41) is 9.04. The zero-order valence-corrected chi connectivity index (χ0v) is 17.4. The molecule has 2 aromatic rings. The topological polar surface area (TPSA) is 79.7 Å². The molecule has 7 nitrogen and oxygen atoms in total. The minimum atomic E-state index is -0.0934. The van der Waals surface area contributed by atoms with E-state index >= 15 is 0 Å². The standard InChI is InChI=1S/C18H25N5O2.HI/c1-19-18(20-9-12-23-10-3-4-11-23)22-14-17(24)21-13-15-5-7-16(25-2)8-6-15;/h3-8,10-11H,9,12-14H2,1-2H3,(H,21,24)(H2,19,20,22);1H. The first-order chi connectivity index (χ1) is 12.2. The number of rotatable bonds is 8. The third-order valence-corrected chi connectivity index (χ3v) is 3.62. The van der Waals surface area contributed by atoms with E-state index in [0.717, 1.165) is 24.4 Å². The quantitative estimate of drug-likeness (QED) is 0.311. The second kappa shape index (κ2) is 12.2. The summed E-state index contributed by atoms with van der Waals surface area (Å²) in [6, 6.07) is 11.6. The van der Waals surface area contributed by atoms with Gasteiger partial charge in [-0.2, -0.15) is 0 Å². The molecule has 0 atom stereocenters. The number of hydrogen-bond donors (Lipinski definition) is 3. The van der Waals surface area contributed by atoms with Gasteiger partial charge in [-0.1, -0.05) is 12.1 Å². The van der Waals surface area contributed by atoms with Crippen LogP contribution in [-0.4, -0.2) is 43.7 Å². The second-order valence-electron chi connectivity index (χ2n) is 5.40. The number of nitrogens with one attached hydrogen (secondary N) is 3. The van der Waals surface area contributed by atoms with Crippen molar-refractivity contribution in [1.29, 1.82) is 0 Å². The summed E-state index contributed by atoms with van der Waals surface area (Å²) in [7, 11) is 3.31. The van der Waals surface area contributed by atoms with Crippen LogP contribution in [0, 0.1) is 0 Å². The fourth-order valence-electron chi connectivity index (χ4n) is 2.21. The molecule has 2 rings (SSSR count). The fourth-order valence-corrected chi connectivity index (χ4v) is 2.21. The van der Waals surface area contributed by atoms with E-state index in [4.69, 9.17) is 4.74 Å². The Labute approximate surface area is 171 Å². The number of guanidine groups is 1. The van der Waals surface area contributed by atoms with E-state index in [0.29, 0.717) is 12.5 Å². The average Bonchev–Trinajstić information content (AvgIpc) is 3.16. The molecule has 0 radical (unpaired) electrons. The van der Waals surface area contributed by atoms with Crippen LogP contribution in [0.1, 0.15) is 5.56 Å². The van der Waals surface area contributed by atoms with Crippen LogP contribution in [0.2, 0.25) is 0 Å². The monoisotopic (exact) mass is 471 g/mol. The summed E-state index contributed by atoms with van der Waals surface area (Å²) in [6.07, 6.45) is 4.01. The van der Waals surface area contributed by atoms with Crippen molar-refractivity contribution in [3.63, 3.8) is 0 Å². The molecule has 142 valence electrons. The van der Waals surface area contributed by atoms with E-state index < -0.39 is 0 Å². The molecule has 3 N–H and O–H groups in total. The summed E-state index contributed by atoms with van der Waals surface area (Å²) >= 11 is 0. The first-order valence-electron chi connectivity index (χ1n) is 8.16. The SMILES string of the molecule is CN=C(NCCn1cccc1)NCC(=O)NCc1ccc(OC)cc1.I. The Morgan fingerprint density at radius 2 is 1.81 bits per heavy atom. The van der Waals surface area contributed by atoms with Crippen LogP contribution in [0.3, 0.4) is 0 Å². The molecule has 0 saturated carbocycles. The Balaban J connectivity index is 0.00000338. The van der Waals surface area contributed by atoms with Gasteiger partial charge in [-0.25, -0.2) is 0 Å². The average molecular weight is 471 g/mol. The van der Waals surface area contributed by atoms with E-state index in [1.54, 1.807) is 14.2 Å². The Morgan fingerprint density at radius 1 is 1.12 bits per heavy atom. The van der Waals surface area contributed by atoms with Crippen LogP contribution in [-0.2, 0) is 17.9 Å². The van der Waals surface area contributed by atoms with Gasteiger partial charge < -0.3 is 25.3 Å². The number of carbonyl (C=O) groups excluding carboxylic acids is 1. The Morgan fingerprint density at radius 3 is 2.42 bits per heavy atom. The number of ether oxygens (including phenoxy) is 1. The number of aromatic nitrogens is 1. The summed E-state index contributed by atoms with van der Waals surface area (Å²) in [5.41, 5.74) is 1.02. The summed E-state index contributed by atoms with van der Waals surface area (Å²) < 4.78 is 7.18. The predicted octanol–water partition coefficient (Wildman–Crippen LogP) is 1.60. The number of benzene rings is 1. The maximum Gasteiger partial charge on any atom is 0.239 e. The highest BCUT2D eigenvalue weighted by atomic mass is 127. The molecular formula is C18H26IN5O2. The van der Waals surface area contributed by atoms with E-state index in [1.807, 2.05) is 48.8 Å². The van der Waals surface area contributed by atoms with Gasteiger partial charge in [-0.05, 0) is 29.8 Å². The molecule has 8 heteroatoms. The minimum absolute atomic E-state index is 0. The molecule has 0 aliphatic heterocycles. The summed E-state index contributed by atoms with van der Waals surface area (Å²) in [4.78, 5) is 16.0. The van der Waals surface area contributed by atoms with Crippen molar-refractivity contribution in [2.24, 2.45) is 4.99 Å². The molecule has 26 heavy (non-hydrogen) atoms. The Hall–Kier alpha value is -2.23. The van der Waals surface area contributed by atoms with Crippen LogP contribution in [0.4, 0.5) is 0 Å². The van der Waals surface area contributed by atoms with Crippen molar-refractivity contribution in [3.05, 3.63) is 54.4 Å². The first-order valence-corrected chi connectivity index (χ1v) is 8.16. The lowest BCUT2D eigenvalue weighted by Gasteiger charge is -2.12. The number of aliphatic imine (C=N–C) groups is 1. The van der Waals surface area contributed by atoms with Gasteiger partial charge >= 0.3 is 0 Å². The molecule has 0 fully saturated rings. The van der Waals surface area contributed by atoms with Crippen molar-refractivity contribution in [2.75, 3.05) is 27.2 Å². The molecule has 0 saturated heterocycles. The van der Waals surface area contributed by atoms with E-state index in [9.17, 15) is 4.79 Å². The van der Waals surface area contributed by atoms with Gasteiger partial charge in [0.25, 0.3) is 0 Å². The molecule has 1 heterocycles. The number of amides is 1. The van der Waals surface area contributed by atoms with Crippen LogP contribution in [0.5, 0.6) is 5.75 Å². The van der Waals surface area contributed by atoms with Crippen LogP contribution < -0.4 is 20.7 Å². The van der Waals surface area contributed by atoms with Gasteiger partial charge in [0.05, 0.1) is 13.7 Å². The highest BCUT2D eigenvalue weighted by Crippen LogP contribution is 2.10. The first kappa shape index (κ1) is 21.8. The zero-order chi connectivity index (χ0) is 17.9. The number of hydrogen-bond acceptors (Lipinski definition) is 3. The lowest BCUT2D eigenvalue weighted by Crippen LogP contribution is -2.43. The number of nitrogens with zero attached hydrogens (tertiary/aromatic N) is 2. The number of carbonyl (C=O) groups is 1. The smallest absolute Gasteiger partial charge is 0.239 e. The third-order valence-electron chi connectivity index (χ3n) is 3.62. The molecule has 0 unspecified atom stereocenters. The fraction of sp³-hybridized carbons (Fsp3) is 0.333. The molecular weight excluding hydrogens is 445 g/mol. The molecule has 0 spiro atoms. The molecule has 0 aliphatic carbocycles. The van der Waals surface area contributed by atoms with Crippen LogP contribution in [0.25, 0.3) is 0 Å². The van der Waals surface area contributed by atoms with E-state index in [2.05, 4.69) is 25.5 Å². The van der Waals surface area contributed by atoms with Crippen molar-refractivity contribution in [1.82, 2.24) is 20.5 Å². The molecule has 1 amide bonds. The zero-order valence-electron chi connectivity index (χ0n) is 15.1. The van der Waals surface area contributed by atoms with Crippen LogP contribution >= 0.6 is 24.0 Å². The minimum Gasteiger partial charge on any atom is -0.497 e. The lowest BCUT2D eigenvalue weighted by molar-refractivity contribution is -0.120. The van der Waals surface area contributed by atoms with Gasteiger partial charge in [-0.15, -0.1) is 24.0 Å². The third kappa shape index (κ3) is 7.77. The van der Waals surface area contributed by atoms with Crippen LogP contribution in [0.15, 0.2) is 53.8 Å². The Bertz CT molecular complexity index is 671. The predicted molar refractivity (Wildman–Crippen MR) is 114 cm³/mol. The van der Waals surface area contributed by atoms with Gasteiger partial charge in [0.2, 0.25) is 5.91 Å². The van der Waals surface area contributed by atoms with Gasteiger partial charge in [0.1, 0.15) is 5.75 Å². The largest absolute Gasteiger partial charge is 0.497 e. The summed E-state index contributed by atoms with van der Waals surface area (Å²) in [6.45, 7) is 2.20. The van der Waals surface area contributed by atoms with Gasteiger partial charge in [0.15, 0.2) is 5.96 Å². The molecule has 1 aromatic carbocycles. The normalized spacial score (nSPS) is 10.6. The van der Waals surface area contributed by atoms with Gasteiger partial charge in [0, 0.05) is 39.1 Å². The molecule has 0 bridgehead atoms. The van der Waals surface area contributed by atoms with E-state index in [1.165, 1.54) is 0 Å². The molecule has 0 aliphatic rings. The number of halogens is 1. The molecule has 1 aromatic heterocycles. The van der Waals surface area contributed by atoms with E-state index in [-0.39, 0.29) is 36.4 Å². The maximum atomic E-state index is 11.9. The van der Waals surface area contributed by atoms with Crippen molar-refractivity contribution in [2.45, 2.75) is 13.1 Å². The highest BCUT2D eigenvalue weighted by molar-refractivity contribution is 14.0. The van der Waals surface area contributed by atoms with Crippen molar-refractivity contribution < 1.29 is 9.53 Å². The maximum absolute atomic E-state index is 11.9. The Kier molecular flexibility index (Phi) is 10.2. The summed E-state index contributed by atoms with van der Waals surface area (Å²) in [5.74, 6) is 1.31.